The Hall–Kier alpha value is -2.06. The molecule has 0 aliphatic heterocycles. The number of benzene rings is 2. The third kappa shape index (κ3) is 3.28. The van der Waals surface area contributed by atoms with Crippen molar-refractivity contribution in [3.8, 4) is 11.8 Å². The van der Waals surface area contributed by atoms with E-state index < -0.39 is 11.9 Å². The Morgan fingerprint density at radius 1 is 1.30 bits per heavy atom. The molecule has 0 aliphatic rings. The highest BCUT2D eigenvalue weighted by Crippen LogP contribution is 2.26. The van der Waals surface area contributed by atoms with Crippen LogP contribution in [0.4, 0.5) is 10.1 Å². The van der Waals surface area contributed by atoms with E-state index in [1.807, 2.05) is 0 Å². The molecule has 0 spiro atoms. The van der Waals surface area contributed by atoms with Crippen molar-refractivity contribution in [3.63, 3.8) is 0 Å². The first kappa shape index (κ1) is 14.4. The van der Waals surface area contributed by atoms with Crippen LogP contribution in [-0.2, 0) is 0 Å². The van der Waals surface area contributed by atoms with Gasteiger partial charge in [-0.2, -0.15) is 5.26 Å². The number of nitriles is 1. The van der Waals surface area contributed by atoms with Gasteiger partial charge in [0.15, 0.2) is 0 Å². The van der Waals surface area contributed by atoms with Crippen LogP contribution in [0.1, 0.15) is 11.6 Å². The molecular weight excluding hydrogens is 323 g/mol. The molecule has 2 aromatic carbocycles. The van der Waals surface area contributed by atoms with E-state index in [4.69, 9.17) is 4.74 Å². The van der Waals surface area contributed by atoms with Crippen LogP contribution in [0.15, 0.2) is 46.9 Å². The minimum atomic E-state index is -0.778. The lowest BCUT2D eigenvalue weighted by atomic mass is 10.1. The summed E-state index contributed by atoms with van der Waals surface area (Å²) < 4.78 is 19.7. The Labute approximate surface area is 125 Å². The first-order valence-corrected chi connectivity index (χ1v) is 6.68. The molecule has 2 rings (SSSR count). The predicted molar refractivity (Wildman–Crippen MR) is 79.1 cm³/mol. The van der Waals surface area contributed by atoms with Crippen molar-refractivity contribution < 1.29 is 9.13 Å². The number of hydrogen-bond acceptors (Lipinski definition) is 3. The molecule has 1 N–H and O–H groups in total. The SMILES string of the molecule is COc1cccc(NC(C#N)c2cc(Br)ccc2F)c1. The number of rotatable bonds is 4. The molecule has 0 amide bonds. The smallest absolute Gasteiger partial charge is 0.143 e. The summed E-state index contributed by atoms with van der Waals surface area (Å²) in [6.07, 6.45) is 0. The number of methoxy groups -OCH3 is 1. The molecule has 0 heterocycles. The molecule has 0 bridgehead atoms. The van der Waals surface area contributed by atoms with Crippen molar-refractivity contribution in [2.24, 2.45) is 0 Å². The Morgan fingerprint density at radius 2 is 2.10 bits per heavy atom. The Balaban J connectivity index is 2.29. The zero-order chi connectivity index (χ0) is 14.5. The summed E-state index contributed by atoms with van der Waals surface area (Å²) in [6, 6.07) is 12.9. The summed E-state index contributed by atoms with van der Waals surface area (Å²) >= 11 is 3.28. The normalized spacial score (nSPS) is 11.5. The lowest BCUT2D eigenvalue weighted by molar-refractivity contribution is 0.415. The maximum absolute atomic E-state index is 13.8. The van der Waals surface area contributed by atoms with E-state index in [2.05, 4.69) is 27.3 Å². The van der Waals surface area contributed by atoms with Crippen LogP contribution >= 0.6 is 15.9 Å². The largest absolute Gasteiger partial charge is 0.497 e. The molecule has 20 heavy (non-hydrogen) atoms. The first-order valence-electron chi connectivity index (χ1n) is 5.89. The molecule has 0 radical (unpaired) electrons. The number of anilines is 1. The summed E-state index contributed by atoms with van der Waals surface area (Å²) in [5.41, 5.74) is 0.986. The van der Waals surface area contributed by atoms with E-state index in [0.717, 1.165) is 4.47 Å². The van der Waals surface area contributed by atoms with Crippen molar-refractivity contribution in [2.45, 2.75) is 6.04 Å². The molecule has 0 saturated heterocycles. The highest BCUT2D eigenvalue weighted by molar-refractivity contribution is 9.10. The second-order valence-corrected chi connectivity index (χ2v) is 5.02. The summed E-state index contributed by atoms with van der Waals surface area (Å²) in [7, 11) is 1.56. The molecule has 5 heteroatoms. The second-order valence-electron chi connectivity index (χ2n) is 4.10. The molecular formula is C15H12BrFN2O. The first-order chi connectivity index (χ1) is 9.63. The average molecular weight is 335 g/mol. The standard InChI is InChI=1S/C15H12BrFN2O/c1-20-12-4-2-3-11(8-12)19-15(9-18)13-7-10(16)5-6-14(13)17/h2-8,15,19H,1H3. The van der Waals surface area contributed by atoms with Crippen molar-refractivity contribution >= 4 is 21.6 Å². The highest BCUT2D eigenvalue weighted by Gasteiger charge is 2.15. The maximum Gasteiger partial charge on any atom is 0.143 e. The molecule has 0 fully saturated rings. The lowest BCUT2D eigenvalue weighted by Gasteiger charge is -2.15. The quantitative estimate of drug-likeness (QED) is 0.907. The van der Waals surface area contributed by atoms with Gasteiger partial charge in [-0.1, -0.05) is 22.0 Å². The predicted octanol–water partition coefficient (Wildman–Crippen LogP) is 4.27. The second kappa shape index (κ2) is 6.40. The third-order valence-electron chi connectivity index (χ3n) is 2.78. The van der Waals surface area contributed by atoms with Crippen LogP contribution in [0, 0.1) is 17.1 Å². The number of nitrogens with zero attached hydrogens (tertiary/aromatic N) is 1. The van der Waals surface area contributed by atoms with E-state index in [1.54, 1.807) is 43.5 Å². The summed E-state index contributed by atoms with van der Waals surface area (Å²) in [5, 5.41) is 12.2. The average Bonchev–Trinajstić information content (AvgIpc) is 2.47. The molecule has 0 saturated carbocycles. The molecule has 2 aromatic rings. The van der Waals surface area contributed by atoms with Gasteiger partial charge in [-0.15, -0.1) is 0 Å². The van der Waals surface area contributed by atoms with Crippen LogP contribution in [0.2, 0.25) is 0 Å². The van der Waals surface area contributed by atoms with Gasteiger partial charge < -0.3 is 10.1 Å². The van der Waals surface area contributed by atoms with Gasteiger partial charge in [0.25, 0.3) is 0 Å². The minimum absolute atomic E-state index is 0.296. The fourth-order valence-corrected chi connectivity index (χ4v) is 2.17. The monoisotopic (exact) mass is 334 g/mol. The molecule has 0 aliphatic carbocycles. The molecule has 0 aromatic heterocycles. The van der Waals surface area contributed by atoms with Crippen molar-refractivity contribution in [1.82, 2.24) is 0 Å². The molecule has 3 nitrogen and oxygen atoms in total. The van der Waals surface area contributed by atoms with Crippen LogP contribution in [0.5, 0.6) is 5.75 Å². The Morgan fingerprint density at radius 3 is 2.80 bits per heavy atom. The molecule has 102 valence electrons. The fourth-order valence-electron chi connectivity index (χ4n) is 1.79. The Kier molecular flexibility index (Phi) is 4.59. The van der Waals surface area contributed by atoms with Crippen molar-refractivity contribution in [1.29, 1.82) is 5.26 Å². The third-order valence-corrected chi connectivity index (χ3v) is 3.27. The van der Waals surface area contributed by atoms with Gasteiger partial charge in [-0.3, -0.25) is 0 Å². The maximum atomic E-state index is 13.8. The highest BCUT2D eigenvalue weighted by atomic mass is 79.9. The number of hydrogen-bond donors (Lipinski definition) is 1. The van der Waals surface area contributed by atoms with Crippen molar-refractivity contribution in [2.75, 3.05) is 12.4 Å². The Bertz CT molecular complexity index is 655. The van der Waals surface area contributed by atoms with E-state index in [-0.39, 0.29) is 0 Å². The van der Waals surface area contributed by atoms with Crippen LogP contribution in [0.3, 0.4) is 0 Å². The number of halogens is 2. The van der Waals surface area contributed by atoms with Gasteiger partial charge in [-0.05, 0) is 30.3 Å². The van der Waals surface area contributed by atoms with Crippen molar-refractivity contribution in [3.05, 3.63) is 58.3 Å². The van der Waals surface area contributed by atoms with E-state index in [1.165, 1.54) is 6.07 Å². The van der Waals surface area contributed by atoms with Gasteiger partial charge in [0, 0.05) is 21.8 Å². The van der Waals surface area contributed by atoms with Gasteiger partial charge in [0.05, 0.1) is 13.2 Å². The zero-order valence-electron chi connectivity index (χ0n) is 10.7. The lowest BCUT2D eigenvalue weighted by Crippen LogP contribution is -2.10. The van der Waals surface area contributed by atoms with Gasteiger partial charge in [-0.25, -0.2) is 4.39 Å². The van der Waals surface area contributed by atoms with Gasteiger partial charge in [0.1, 0.15) is 17.6 Å². The van der Waals surface area contributed by atoms with E-state index in [0.29, 0.717) is 17.0 Å². The number of ether oxygens (including phenoxy) is 1. The fraction of sp³-hybridized carbons (Fsp3) is 0.133. The summed E-state index contributed by atoms with van der Waals surface area (Å²) in [6.45, 7) is 0. The molecule has 1 atom stereocenters. The van der Waals surface area contributed by atoms with Gasteiger partial charge >= 0.3 is 0 Å². The van der Waals surface area contributed by atoms with E-state index >= 15 is 0 Å². The van der Waals surface area contributed by atoms with Crippen LogP contribution in [0.25, 0.3) is 0 Å². The molecule has 1 unspecified atom stereocenters. The van der Waals surface area contributed by atoms with Crippen LogP contribution < -0.4 is 10.1 Å². The number of nitrogens with one attached hydrogen (secondary N) is 1. The van der Waals surface area contributed by atoms with E-state index in [9.17, 15) is 9.65 Å². The van der Waals surface area contributed by atoms with Crippen LogP contribution in [-0.4, -0.2) is 7.11 Å². The van der Waals surface area contributed by atoms with Gasteiger partial charge in [0.2, 0.25) is 0 Å². The summed E-state index contributed by atoms with van der Waals surface area (Å²) in [4.78, 5) is 0. The zero-order valence-corrected chi connectivity index (χ0v) is 12.3. The summed E-state index contributed by atoms with van der Waals surface area (Å²) in [5.74, 6) is 0.247. The minimum Gasteiger partial charge on any atom is -0.497 e. The topological polar surface area (TPSA) is 45.0 Å².